The lowest BCUT2D eigenvalue weighted by Crippen LogP contribution is -2.54. The van der Waals surface area contributed by atoms with Gasteiger partial charge in [-0.05, 0) is 58.9 Å². The van der Waals surface area contributed by atoms with Gasteiger partial charge in [-0.2, -0.15) is 0 Å². The average Bonchev–Trinajstić information content (AvgIpc) is 2.91. The zero-order valence-electron chi connectivity index (χ0n) is 21.2. The molecule has 202 valence electrons. The van der Waals surface area contributed by atoms with Gasteiger partial charge in [-0.15, -0.1) is 0 Å². The Bertz CT molecular complexity index is 1460. The second-order valence-corrected chi connectivity index (χ2v) is 9.72. The van der Waals surface area contributed by atoms with Crippen LogP contribution in [0.2, 0.25) is 5.02 Å². The number of amides is 4. The number of nitrogens with one attached hydrogen (secondary N) is 1. The van der Waals surface area contributed by atoms with E-state index in [1.165, 1.54) is 32.4 Å². The summed E-state index contributed by atoms with van der Waals surface area (Å²) in [5, 5.41) is 2.43. The lowest BCUT2D eigenvalue weighted by molar-refractivity contribution is -0.122. The minimum atomic E-state index is -0.931. The molecule has 0 radical (unpaired) electrons. The first kappa shape index (κ1) is 28.2. The fourth-order valence-corrected chi connectivity index (χ4v) is 4.88. The molecule has 4 rings (SSSR count). The maximum Gasteiger partial charge on any atom is 0.336 e. The summed E-state index contributed by atoms with van der Waals surface area (Å²) in [7, 11) is 2.77. The van der Waals surface area contributed by atoms with Gasteiger partial charge in [0, 0.05) is 12.1 Å². The van der Waals surface area contributed by atoms with Crippen LogP contribution in [-0.2, 0) is 16.2 Å². The number of anilines is 1. The van der Waals surface area contributed by atoms with E-state index in [0.29, 0.717) is 33.8 Å². The van der Waals surface area contributed by atoms with Crippen LogP contribution >= 0.6 is 34.2 Å². The van der Waals surface area contributed by atoms with Crippen molar-refractivity contribution in [2.75, 3.05) is 25.7 Å². The van der Waals surface area contributed by atoms with E-state index in [-0.39, 0.29) is 27.8 Å². The highest BCUT2D eigenvalue weighted by atomic mass is 127. The van der Waals surface area contributed by atoms with Gasteiger partial charge in [0.15, 0.2) is 11.5 Å². The van der Waals surface area contributed by atoms with E-state index in [2.05, 4.69) is 27.9 Å². The van der Waals surface area contributed by atoms with Crippen molar-refractivity contribution in [2.24, 2.45) is 0 Å². The average molecular weight is 663 g/mol. The molecular formula is C28H24ClIN2O7. The van der Waals surface area contributed by atoms with Crippen LogP contribution in [0.15, 0.2) is 60.2 Å². The summed E-state index contributed by atoms with van der Waals surface area (Å²) in [6.45, 7) is 2.55. The number of halogens is 2. The Hall–Kier alpha value is -3.77. The Morgan fingerprint density at radius 2 is 1.67 bits per heavy atom. The number of methoxy groups -OCH3 is 2. The third kappa shape index (κ3) is 6.12. The van der Waals surface area contributed by atoms with Crippen molar-refractivity contribution in [1.29, 1.82) is 0 Å². The molecule has 4 amide bonds. The van der Waals surface area contributed by atoms with Crippen LogP contribution in [0.4, 0.5) is 10.5 Å². The number of hydrogen-bond acceptors (Lipinski definition) is 7. The summed E-state index contributed by atoms with van der Waals surface area (Å²) in [5.41, 5.74) is 1.30. The molecule has 1 N–H and O–H groups in total. The number of barbiturate groups is 1. The number of nitrogens with zero attached hydrogens (tertiary/aromatic N) is 1. The standard InChI is InChI=1S/C28H24ClIN2O7/c1-4-38-24-12-17(11-20(30)25(24)39-15-16-8-6-5-7-9-16)10-18-26(33)31-28(35)32(27(18)34)21-14-22(36-2)19(29)13-23(21)37-3/h5-14H,4,15H2,1-3H3,(H,31,33,35)/b18-10+. The molecule has 11 heteroatoms. The van der Waals surface area contributed by atoms with Crippen molar-refractivity contribution in [1.82, 2.24) is 5.32 Å². The Balaban J connectivity index is 1.71. The van der Waals surface area contributed by atoms with Crippen molar-refractivity contribution in [3.05, 3.63) is 79.9 Å². The van der Waals surface area contributed by atoms with Crippen molar-refractivity contribution < 1.29 is 33.3 Å². The fraction of sp³-hybridized carbons (Fsp3) is 0.179. The number of hydrogen-bond donors (Lipinski definition) is 1. The maximum atomic E-state index is 13.5. The highest BCUT2D eigenvalue weighted by Crippen LogP contribution is 2.40. The van der Waals surface area contributed by atoms with Gasteiger partial charge in [-0.3, -0.25) is 14.9 Å². The third-order valence-electron chi connectivity index (χ3n) is 5.66. The van der Waals surface area contributed by atoms with Gasteiger partial charge >= 0.3 is 6.03 Å². The molecule has 1 heterocycles. The lowest BCUT2D eigenvalue weighted by atomic mass is 10.1. The van der Waals surface area contributed by atoms with Crippen molar-refractivity contribution in [3.63, 3.8) is 0 Å². The first-order valence-corrected chi connectivity index (χ1v) is 13.2. The maximum absolute atomic E-state index is 13.5. The van der Waals surface area contributed by atoms with E-state index >= 15 is 0 Å². The van der Waals surface area contributed by atoms with E-state index in [4.69, 9.17) is 30.5 Å². The number of carbonyl (C=O) groups excluding carboxylic acids is 3. The Morgan fingerprint density at radius 1 is 0.949 bits per heavy atom. The predicted octanol–water partition coefficient (Wildman–Crippen LogP) is 5.61. The summed E-state index contributed by atoms with van der Waals surface area (Å²) in [5.74, 6) is -0.323. The predicted molar refractivity (Wildman–Crippen MR) is 155 cm³/mol. The van der Waals surface area contributed by atoms with Crippen LogP contribution in [0, 0.1) is 3.57 Å². The quantitative estimate of drug-likeness (QED) is 0.181. The van der Waals surface area contributed by atoms with Crippen LogP contribution in [-0.4, -0.2) is 38.7 Å². The molecule has 3 aromatic rings. The number of benzene rings is 3. The van der Waals surface area contributed by atoms with Gasteiger partial charge in [-0.1, -0.05) is 41.9 Å². The first-order valence-electron chi connectivity index (χ1n) is 11.7. The number of rotatable bonds is 9. The molecule has 0 spiro atoms. The number of urea groups is 1. The molecule has 0 bridgehead atoms. The monoisotopic (exact) mass is 662 g/mol. The Kier molecular flexibility index (Phi) is 8.97. The van der Waals surface area contributed by atoms with Crippen molar-refractivity contribution >= 4 is 63.8 Å². The molecule has 39 heavy (non-hydrogen) atoms. The molecule has 1 aliphatic rings. The number of imide groups is 2. The highest BCUT2D eigenvalue weighted by molar-refractivity contribution is 14.1. The zero-order chi connectivity index (χ0) is 28.1. The summed E-state index contributed by atoms with van der Waals surface area (Å²) in [4.78, 5) is 39.9. The summed E-state index contributed by atoms with van der Waals surface area (Å²) < 4.78 is 23.1. The molecule has 0 saturated carbocycles. The summed E-state index contributed by atoms with van der Waals surface area (Å²) in [6, 6.07) is 15.0. The van der Waals surface area contributed by atoms with Gasteiger partial charge < -0.3 is 18.9 Å². The van der Waals surface area contributed by atoms with Crippen molar-refractivity contribution in [2.45, 2.75) is 13.5 Å². The van der Waals surface area contributed by atoms with Crippen molar-refractivity contribution in [3.8, 4) is 23.0 Å². The molecule has 0 unspecified atom stereocenters. The Labute approximate surface area is 243 Å². The van der Waals surface area contributed by atoms with E-state index in [9.17, 15) is 14.4 Å². The van der Waals surface area contributed by atoms with Gasteiger partial charge in [0.1, 0.15) is 23.7 Å². The van der Waals surface area contributed by atoms with Crippen LogP contribution in [0.25, 0.3) is 6.08 Å². The number of ether oxygens (including phenoxy) is 4. The molecule has 0 aromatic heterocycles. The first-order chi connectivity index (χ1) is 18.8. The van der Waals surface area contributed by atoms with Gasteiger partial charge in [-0.25, -0.2) is 9.69 Å². The summed E-state index contributed by atoms with van der Waals surface area (Å²) in [6.07, 6.45) is 1.39. The van der Waals surface area contributed by atoms with Crippen LogP contribution in [0.1, 0.15) is 18.1 Å². The second-order valence-electron chi connectivity index (χ2n) is 8.15. The van der Waals surface area contributed by atoms with E-state index in [0.717, 1.165) is 10.5 Å². The van der Waals surface area contributed by atoms with Gasteiger partial charge in [0.25, 0.3) is 11.8 Å². The second kappa shape index (κ2) is 12.4. The fourth-order valence-electron chi connectivity index (χ4n) is 3.87. The molecule has 1 fully saturated rings. The molecule has 3 aromatic carbocycles. The minimum Gasteiger partial charge on any atom is -0.495 e. The highest BCUT2D eigenvalue weighted by Gasteiger charge is 2.38. The third-order valence-corrected chi connectivity index (χ3v) is 6.76. The topological polar surface area (TPSA) is 103 Å². The van der Waals surface area contributed by atoms with Crippen LogP contribution < -0.4 is 29.2 Å². The zero-order valence-corrected chi connectivity index (χ0v) is 24.2. The molecular weight excluding hydrogens is 639 g/mol. The number of carbonyl (C=O) groups is 3. The minimum absolute atomic E-state index is 0.0638. The molecule has 1 aliphatic heterocycles. The lowest BCUT2D eigenvalue weighted by Gasteiger charge is -2.28. The summed E-state index contributed by atoms with van der Waals surface area (Å²) >= 11 is 8.29. The SMILES string of the molecule is CCOc1cc(/C=C2\C(=O)NC(=O)N(c3cc(OC)c(Cl)cc3OC)C2=O)cc(I)c1OCc1ccccc1. The largest absolute Gasteiger partial charge is 0.495 e. The van der Waals surface area contributed by atoms with E-state index in [1.54, 1.807) is 12.1 Å². The van der Waals surface area contributed by atoms with Crippen LogP contribution in [0.5, 0.6) is 23.0 Å². The van der Waals surface area contributed by atoms with Gasteiger partial charge in [0.2, 0.25) is 0 Å². The van der Waals surface area contributed by atoms with E-state index < -0.39 is 17.8 Å². The normalized spacial score (nSPS) is 14.3. The van der Waals surface area contributed by atoms with Gasteiger partial charge in [0.05, 0.1) is 35.1 Å². The molecule has 9 nitrogen and oxygen atoms in total. The van der Waals surface area contributed by atoms with Crippen LogP contribution in [0.3, 0.4) is 0 Å². The molecule has 0 atom stereocenters. The molecule has 0 aliphatic carbocycles. The smallest absolute Gasteiger partial charge is 0.336 e. The Morgan fingerprint density at radius 3 is 2.33 bits per heavy atom. The molecule has 1 saturated heterocycles. The van der Waals surface area contributed by atoms with E-state index in [1.807, 2.05) is 37.3 Å².